The molecule has 10 nitrogen and oxygen atoms in total. The van der Waals surface area contributed by atoms with Crippen molar-refractivity contribution in [1.29, 1.82) is 0 Å². The largest absolute Gasteiger partial charge is 0.464 e. The molecular formula is C19H27N5O5. The van der Waals surface area contributed by atoms with Crippen molar-refractivity contribution in [1.82, 2.24) is 23.6 Å². The first-order valence-corrected chi connectivity index (χ1v) is 9.93. The molecule has 1 aliphatic rings. The number of hydrogen-bond donors (Lipinski definition) is 0. The van der Waals surface area contributed by atoms with E-state index in [-0.39, 0.29) is 18.3 Å². The Hall–Kier alpha value is -2.91. The molecule has 1 amide bonds. The summed E-state index contributed by atoms with van der Waals surface area (Å²) in [6.45, 7) is 3.01. The van der Waals surface area contributed by atoms with Crippen molar-refractivity contribution >= 4 is 23.0 Å². The predicted molar refractivity (Wildman–Crippen MR) is 105 cm³/mol. The van der Waals surface area contributed by atoms with E-state index in [1.165, 1.54) is 17.9 Å². The number of imidazole rings is 1. The van der Waals surface area contributed by atoms with Gasteiger partial charge in [0.25, 0.3) is 5.56 Å². The topological polar surface area (TPSA) is 108 Å². The van der Waals surface area contributed by atoms with Crippen LogP contribution in [0.2, 0.25) is 0 Å². The van der Waals surface area contributed by atoms with Gasteiger partial charge in [0.2, 0.25) is 5.91 Å². The third-order valence-corrected chi connectivity index (χ3v) is 5.39. The second kappa shape index (κ2) is 8.62. The second-order valence-electron chi connectivity index (χ2n) is 7.27. The maximum Gasteiger partial charge on any atom is 0.332 e. The molecule has 3 rings (SSSR count). The number of carbonyl (C=O) groups is 2. The number of aromatic nitrogens is 4. The van der Waals surface area contributed by atoms with E-state index in [0.29, 0.717) is 43.7 Å². The van der Waals surface area contributed by atoms with Gasteiger partial charge in [-0.25, -0.2) is 14.6 Å². The molecule has 0 saturated carbocycles. The fraction of sp³-hybridized carbons (Fsp3) is 0.632. The lowest BCUT2D eigenvalue weighted by Crippen LogP contribution is -2.48. The van der Waals surface area contributed by atoms with Gasteiger partial charge in [-0.15, -0.1) is 0 Å². The minimum atomic E-state index is -0.507. The lowest BCUT2D eigenvalue weighted by Gasteiger charge is -2.34. The van der Waals surface area contributed by atoms with E-state index in [4.69, 9.17) is 4.74 Å². The molecule has 0 spiro atoms. The van der Waals surface area contributed by atoms with Crippen molar-refractivity contribution in [3.63, 3.8) is 0 Å². The average molecular weight is 405 g/mol. The summed E-state index contributed by atoms with van der Waals surface area (Å²) in [6.07, 6.45) is 4.65. The van der Waals surface area contributed by atoms with Crippen LogP contribution in [-0.2, 0) is 35.0 Å². The van der Waals surface area contributed by atoms with Crippen molar-refractivity contribution in [2.24, 2.45) is 14.1 Å². The van der Waals surface area contributed by atoms with Crippen molar-refractivity contribution in [3.8, 4) is 0 Å². The van der Waals surface area contributed by atoms with Crippen molar-refractivity contribution in [2.75, 3.05) is 13.2 Å². The second-order valence-corrected chi connectivity index (χ2v) is 7.27. The van der Waals surface area contributed by atoms with Crippen molar-refractivity contribution in [2.45, 2.75) is 51.6 Å². The molecular weight excluding hydrogens is 378 g/mol. The number of aryl methyl sites for hydroxylation is 2. The summed E-state index contributed by atoms with van der Waals surface area (Å²) in [6, 6.07) is -0.507. The Bertz CT molecular complexity index is 1030. The van der Waals surface area contributed by atoms with Gasteiger partial charge >= 0.3 is 11.7 Å². The zero-order chi connectivity index (χ0) is 21.1. The molecule has 0 N–H and O–H groups in total. The summed E-state index contributed by atoms with van der Waals surface area (Å²) in [7, 11) is 2.99. The number of hydrogen-bond acceptors (Lipinski definition) is 6. The molecule has 3 heterocycles. The maximum absolute atomic E-state index is 12.7. The van der Waals surface area contributed by atoms with E-state index in [1.54, 1.807) is 23.4 Å². The summed E-state index contributed by atoms with van der Waals surface area (Å²) in [4.78, 5) is 55.1. The molecule has 10 heteroatoms. The summed E-state index contributed by atoms with van der Waals surface area (Å²) < 4.78 is 9.15. The monoisotopic (exact) mass is 405 g/mol. The van der Waals surface area contributed by atoms with Gasteiger partial charge in [0, 0.05) is 33.6 Å². The van der Waals surface area contributed by atoms with E-state index in [9.17, 15) is 19.2 Å². The first-order chi connectivity index (χ1) is 13.9. The fourth-order valence-corrected chi connectivity index (χ4v) is 3.82. The lowest BCUT2D eigenvalue weighted by atomic mass is 10.0. The zero-order valence-corrected chi connectivity index (χ0v) is 17.1. The van der Waals surface area contributed by atoms with Gasteiger partial charge in [-0.3, -0.25) is 18.7 Å². The number of fused-ring (bicyclic) bond motifs is 1. The molecule has 29 heavy (non-hydrogen) atoms. The van der Waals surface area contributed by atoms with Crippen LogP contribution in [0.1, 0.15) is 39.0 Å². The average Bonchev–Trinajstić information content (AvgIpc) is 3.15. The first-order valence-electron chi connectivity index (χ1n) is 9.93. The van der Waals surface area contributed by atoms with Crippen molar-refractivity contribution < 1.29 is 14.3 Å². The van der Waals surface area contributed by atoms with E-state index in [0.717, 1.165) is 17.4 Å². The van der Waals surface area contributed by atoms with Gasteiger partial charge in [-0.1, -0.05) is 0 Å². The number of nitrogens with zero attached hydrogens (tertiary/aromatic N) is 5. The normalized spacial score (nSPS) is 16.9. The minimum Gasteiger partial charge on any atom is -0.464 e. The van der Waals surface area contributed by atoms with Gasteiger partial charge < -0.3 is 14.2 Å². The van der Waals surface area contributed by atoms with Gasteiger partial charge in [-0.2, -0.15) is 0 Å². The predicted octanol–water partition coefficient (Wildman–Crippen LogP) is 0.158. The maximum atomic E-state index is 12.7. The number of likely N-dealkylation sites (tertiary alicyclic amines) is 1. The molecule has 0 bridgehead atoms. The molecule has 0 aliphatic carbocycles. The third-order valence-electron chi connectivity index (χ3n) is 5.39. The van der Waals surface area contributed by atoms with Gasteiger partial charge in [0.05, 0.1) is 12.9 Å². The molecule has 1 unspecified atom stereocenters. The molecule has 1 aliphatic heterocycles. The summed E-state index contributed by atoms with van der Waals surface area (Å²) in [5.74, 6) is -0.432. The number of ether oxygens (including phenoxy) is 1. The number of carbonyl (C=O) groups excluding carboxylic acids is 2. The van der Waals surface area contributed by atoms with E-state index >= 15 is 0 Å². The van der Waals surface area contributed by atoms with Gasteiger partial charge in [-0.05, 0) is 32.6 Å². The molecule has 1 fully saturated rings. The molecule has 1 saturated heterocycles. The smallest absolute Gasteiger partial charge is 0.332 e. The highest BCUT2D eigenvalue weighted by molar-refractivity contribution is 5.84. The zero-order valence-electron chi connectivity index (χ0n) is 17.1. The van der Waals surface area contributed by atoms with Crippen LogP contribution in [-0.4, -0.2) is 54.7 Å². The Morgan fingerprint density at radius 3 is 2.69 bits per heavy atom. The van der Waals surface area contributed by atoms with E-state index < -0.39 is 17.3 Å². The van der Waals surface area contributed by atoms with Crippen LogP contribution in [0.4, 0.5) is 0 Å². The van der Waals surface area contributed by atoms with E-state index in [1.807, 2.05) is 0 Å². The van der Waals surface area contributed by atoms with Crippen molar-refractivity contribution in [3.05, 3.63) is 27.2 Å². The Morgan fingerprint density at radius 2 is 1.97 bits per heavy atom. The lowest BCUT2D eigenvalue weighted by molar-refractivity contribution is -0.156. The molecule has 2 aromatic heterocycles. The highest BCUT2D eigenvalue weighted by atomic mass is 16.5. The number of piperidine rings is 1. The summed E-state index contributed by atoms with van der Waals surface area (Å²) >= 11 is 0. The van der Waals surface area contributed by atoms with Crippen LogP contribution in [0.5, 0.6) is 0 Å². The van der Waals surface area contributed by atoms with Crippen LogP contribution in [0.3, 0.4) is 0 Å². The Kier molecular flexibility index (Phi) is 6.19. The molecule has 0 radical (unpaired) electrons. The highest BCUT2D eigenvalue weighted by Crippen LogP contribution is 2.20. The molecule has 0 aromatic carbocycles. The van der Waals surface area contributed by atoms with Crippen LogP contribution < -0.4 is 11.2 Å². The van der Waals surface area contributed by atoms with Gasteiger partial charge in [0.1, 0.15) is 6.04 Å². The van der Waals surface area contributed by atoms with Crippen LogP contribution in [0.15, 0.2) is 15.9 Å². The van der Waals surface area contributed by atoms with Crippen LogP contribution >= 0.6 is 0 Å². The quantitative estimate of drug-likeness (QED) is 0.634. The van der Waals surface area contributed by atoms with E-state index in [2.05, 4.69) is 4.98 Å². The Morgan fingerprint density at radius 1 is 1.21 bits per heavy atom. The molecule has 2 aromatic rings. The highest BCUT2D eigenvalue weighted by Gasteiger charge is 2.32. The number of rotatable bonds is 6. The Balaban J connectivity index is 1.70. The fourth-order valence-electron chi connectivity index (χ4n) is 3.82. The minimum absolute atomic E-state index is 0.0903. The first kappa shape index (κ1) is 20.8. The number of esters is 1. The molecule has 1 atom stereocenters. The third kappa shape index (κ3) is 3.96. The number of amides is 1. The van der Waals surface area contributed by atoms with Gasteiger partial charge in [0.15, 0.2) is 11.2 Å². The van der Waals surface area contributed by atoms with Crippen LogP contribution in [0.25, 0.3) is 11.2 Å². The summed E-state index contributed by atoms with van der Waals surface area (Å²) in [5.41, 5.74) is -0.185. The summed E-state index contributed by atoms with van der Waals surface area (Å²) in [5, 5.41) is 0. The Labute approximate surface area is 167 Å². The standard InChI is InChI=1S/C19H27N5O5/c1-4-29-18(27)13-8-5-6-11-24(13)14(25)9-7-10-23-12-20-16-15(23)17(26)22(3)19(28)21(16)2/h12-13H,4-11H2,1-3H3. The SMILES string of the molecule is CCOC(=O)C1CCCCN1C(=O)CCCn1cnc2c1c(=O)n(C)c(=O)n2C. The molecule has 158 valence electrons. The van der Waals surface area contributed by atoms with Crippen LogP contribution in [0, 0.1) is 0 Å².